The molecule has 0 aliphatic carbocycles. The monoisotopic (exact) mass is 250 g/mol. The number of rotatable bonds is 4. The van der Waals surface area contributed by atoms with Crippen LogP contribution in [0.3, 0.4) is 0 Å². The number of nitrogens with one attached hydrogen (secondary N) is 1. The van der Waals surface area contributed by atoms with Crippen molar-refractivity contribution in [3.8, 4) is 0 Å². The highest BCUT2D eigenvalue weighted by molar-refractivity contribution is 5.94. The minimum Gasteiger partial charge on any atom is -0.366 e. The maximum Gasteiger partial charge on any atom is 0.253 e. The molecule has 1 amide bonds. The van der Waals surface area contributed by atoms with Gasteiger partial charge >= 0.3 is 0 Å². The molecule has 0 saturated heterocycles. The van der Waals surface area contributed by atoms with Gasteiger partial charge in [0.15, 0.2) is 0 Å². The normalized spacial score (nSPS) is 10.9. The van der Waals surface area contributed by atoms with Crippen molar-refractivity contribution in [2.75, 3.05) is 19.0 Å². The van der Waals surface area contributed by atoms with Crippen LogP contribution in [0.1, 0.15) is 24.2 Å². The molecule has 1 rings (SSSR count). The zero-order valence-corrected chi connectivity index (χ0v) is 11.2. The molecular weight excluding hydrogens is 231 g/mol. The summed E-state index contributed by atoms with van der Waals surface area (Å²) in [6, 6.07) is 4.56. The molecule has 1 aromatic rings. The van der Waals surface area contributed by atoms with Gasteiger partial charge in [-0.25, -0.2) is 4.39 Å². The Morgan fingerprint density at radius 2 is 2.11 bits per heavy atom. The van der Waals surface area contributed by atoms with Crippen LogP contribution in [0.5, 0.6) is 0 Å². The number of hydrogen-bond acceptors (Lipinski definition) is 2. The molecule has 0 unspecified atom stereocenters. The molecule has 1 aromatic carbocycles. The number of hydrogen-bond donors (Lipinski definition) is 1. The lowest BCUT2D eigenvalue weighted by atomic mass is 10.0. The number of halogens is 1. The van der Waals surface area contributed by atoms with Crippen LogP contribution in [0.2, 0.25) is 0 Å². The lowest BCUT2D eigenvalue weighted by Crippen LogP contribution is -2.39. The van der Waals surface area contributed by atoms with Crippen molar-refractivity contribution in [1.82, 2.24) is 5.32 Å². The Bertz CT molecular complexity index is 469. The van der Waals surface area contributed by atoms with E-state index < -0.39 is 11.7 Å². The van der Waals surface area contributed by atoms with Crippen LogP contribution < -0.4 is 10.2 Å². The van der Waals surface area contributed by atoms with E-state index in [1.165, 1.54) is 19.2 Å². The van der Waals surface area contributed by atoms with Crippen LogP contribution in [-0.4, -0.2) is 25.5 Å². The predicted octanol–water partition coefficient (Wildman–Crippen LogP) is 2.59. The minimum atomic E-state index is -0.529. The highest BCUT2D eigenvalue weighted by Crippen LogP contribution is 2.24. The number of carbonyl (C=O) groups is 1. The van der Waals surface area contributed by atoms with E-state index in [2.05, 4.69) is 11.9 Å². The number of amides is 1. The van der Waals surface area contributed by atoms with E-state index in [4.69, 9.17) is 0 Å². The van der Waals surface area contributed by atoms with Gasteiger partial charge in [0.25, 0.3) is 5.91 Å². The van der Waals surface area contributed by atoms with Crippen molar-refractivity contribution in [2.45, 2.75) is 19.4 Å². The van der Waals surface area contributed by atoms with Crippen LogP contribution in [0.15, 0.2) is 30.9 Å². The number of benzene rings is 1. The Labute approximate surface area is 107 Å². The van der Waals surface area contributed by atoms with E-state index in [0.29, 0.717) is 5.69 Å². The second kappa shape index (κ2) is 5.21. The molecule has 0 fully saturated rings. The Morgan fingerprint density at radius 3 is 2.56 bits per heavy atom. The molecule has 18 heavy (non-hydrogen) atoms. The van der Waals surface area contributed by atoms with E-state index in [9.17, 15) is 9.18 Å². The molecule has 4 heteroatoms. The maximum atomic E-state index is 13.8. The largest absolute Gasteiger partial charge is 0.366 e. The van der Waals surface area contributed by atoms with Crippen molar-refractivity contribution >= 4 is 11.6 Å². The molecule has 0 spiro atoms. The van der Waals surface area contributed by atoms with Gasteiger partial charge in [0, 0.05) is 19.8 Å². The van der Waals surface area contributed by atoms with Crippen LogP contribution in [-0.2, 0) is 0 Å². The summed E-state index contributed by atoms with van der Waals surface area (Å²) in [6.07, 6.45) is 1.79. The lowest BCUT2D eigenvalue weighted by molar-refractivity contribution is 0.0959. The molecule has 0 aromatic heterocycles. The summed E-state index contributed by atoms with van der Waals surface area (Å²) >= 11 is 0. The van der Waals surface area contributed by atoms with Gasteiger partial charge in [0.1, 0.15) is 5.82 Å². The Hall–Kier alpha value is -1.84. The van der Waals surface area contributed by atoms with Gasteiger partial charge < -0.3 is 10.2 Å². The molecule has 0 atom stereocenters. The van der Waals surface area contributed by atoms with Crippen molar-refractivity contribution < 1.29 is 9.18 Å². The molecule has 0 bridgehead atoms. The topological polar surface area (TPSA) is 32.3 Å². The van der Waals surface area contributed by atoms with E-state index >= 15 is 0 Å². The summed E-state index contributed by atoms with van der Waals surface area (Å²) in [5.74, 6) is -0.955. The molecule has 0 aliphatic heterocycles. The summed E-state index contributed by atoms with van der Waals surface area (Å²) in [4.78, 5) is 13.3. The first kappa shape index (κ1) is 14.2. The molecule has 3 nitrogen and oxygen atoms in total. The number of nitrogens with zero attached hydrogens (tertiary/aromatic N) is 1. The highest BCUT2D eigenvalue weighted by atomic mass is 19.1. The van der Waals surface area contributed by atoms with Gasteiger partial charge in [-0.15, -0.1) is 6.58 Å². The van der Waals surface area contributed by atoms with Crippen LogP contribution in [0.4, 0.5) is 10.1 Å². The third-order valence-corrected chi connectivity index (χ3v) is 3.18. The smallest absolute Gasteiger partial charge is 0.253 e. The molecule has 0 saturated carbocycles. The van der Waals surface area contributed by atoms with Crippen molar-refractivity contribution in [2.24, 2.45) is 0 Å². The first-order valence-electron chi connectivity index (χ1n) is 5.72. The summed E-state index contributed by atoms with van der Waals surface area (Å²) in [7, 11) is 3.33. The third-order valence-electron chi connectivity index (χ3n) is 3.18. The van der Waals surface area contributed by atoms with Gasteiger partial charge in [0.2, 0.25) is 0 Å². The SMILES string of the molecule is C=CC(C)(C)N(C)c1ccc(C(=O)NC)c(F)c1. The fourth-order valence-electron chi connectivity index (χ4n) is 1.50. The van der Waals surface area contributed by atoms with Gasteiger partial charge in [-0.2, -0.15) is 0 Å². The molecule has 0 radical (unpaired) electrons. The number of anilines is 1. The molecular formula is C14H19FN2O. The fraction of sp³-hybridized carbons (Fsp3) is 0.357. The predicted molar refractivity (Wildman–Crippen MR) is 72.5 cm³/mol. The number of likely N-dealkylation sites (N-methyl/N-ethyl adjacent to an activating group) is 1. The van der Waals surface area contributed by atoms with Gasteiger partial charge in [-0.05, 0) is 32.0 Å². The quantitative estimate of drug-likeness (QED) is 0.833. The first-order chi connectivity index (χ1) is 8.33. The standard InChI is InChI=1S/C14H19FN2O/c1-6-14(2,3)17(5)10-7-8-11(12(15)9-10)13(18)16-4/h6-9H,1H2,2-5H3,(H,16,18). The van der Waals surface area contributed by atoms with Crippen molar-refractivity contribution in [3.05, 3.63) is 42.2 Å². The Morgan fingerprint density at radius 1 is 1.50 bits per heavy atom. The van der Waals surface area contributed by atoms with Crippen LogP contribution in [0.25, 0.3) is 0 Å². The third kappa shape index (κ3) is 2.70. The molecule has 1 N–H and O–H groups in total. The van der Waals surface area contributed by atoms with Gasteiger partial charge in [0.05, 0.1) is 11.1 Å². The molecule has 0 heterocycles. The van der Waals surface area contributed by atoms with E-state index in [-0.39, 0.29) is 11.1 Å². The number of carbonyl (C=O) groups excluding carboxylic acids is 1. The summed E-state index contributed by atoms with van der Waals surface area (Å²) < 4.78 is 13.8. The zero-order valence-electron chi connectivity index (χ0n) is 11.2. The fourth-order valence-corrected chi connectivity index (χ4v) is 1.50. The molecule has 98 valence electrons. The van der Waals surface area contributed by atoms with Crippen LogP contribution in [0, 0.1) is 5.82 Å². The second-order valence-corrected chi connectivity index (χ2v) is 4.66. The summed E-state index contributed by atoms with van der Waals surface area (Å²) in [5, 5.41) is 2.40. The molecule has 0 aliphatic rings. The van der Waals surface area contributed by atoms with E-state index in [0.717, 1.165) is 0 Å². The van der Waals surface area contributed by atoms with E-state index in [1.807, 2.05) is 25.8 Å². The van der Waals surface area contributed by atoms with E-state index in [1.54, 1.807) is 12.1 Å². The Kier molecular flexibility index (Phi) is 4.11. The van der Waals surface area contributed by atoms with Gasteiger partial charge in [-0.1, -0.05) is 6.08 Å². The average molecular weight is 250 g/mol. The zero-order chi connectivity index (χ0) is 13.9. The van der Waals surface area contributed by atoms with Crippen molar-refractivity contribution in [3.63, 3.8) is 0 Å². The van der Waals surface area contributed by atoms with Gasteiger partial charge in [-0.3, -0.25) is 4.79 Å². The highest BCUT2D eigenvalue weighted by Gasteiger charge is 2.21. The Balaban J connectivity index is 3.12. The van der Waals surface area contributed by atoms with Crippen LogP contribution >= 0.6 is 0 Å². The first-order valence-corrected chi connectivity index (χ1v) is 5.72. The summed E-state index contributed by atoms with van der Waals surface area (Å²) in [5.41, 5.74) is 0.456. The maximum absolute atomic E-state index is 13.8. The summed E-state index contributed by atoms with van der Waals surface area (Å²) in [6.45, 7) is 7.71. The van der Waals surface area contributed by atoms with Crippen molar-refractivity contribution in [1.29, 1.82) is 0 Å². The minimum absolute atomic E-state index is 0.0473. The lowest BCUT2D eigenvalue weighted by Gasteiger charge is -2.34. The average Bonchev–Trinajstić information content (AvgIpc) is 2.36. The second-order valence-electron chi connectivity index (χ2n) is 4.66.